The maximum Gasteiger partial charge on any atom is 0.232 e. The molecule has 0 aliphatic heterocycles. The van der Waals surface area contributed by atoms with Crippen LogP contribution in [0.25, 0.3) is 66.4 Å². The maximum absolute atomic E-state index is 14.3. The Kier molecular flexibility index (Phi) is 28.2. The fourth-order valence-corrected chi connectivity index (χ4v) is 19.9. The Labute approximate surface area is 819 Å². The van der Waals surface area contributed by atoms with E-state index in [1.54, 1.807) is 146 Å². The molecule has 20 aromatic rings. The van der Waals surface area contributed by atoms with Gasteiger partial charge in [0.25, 0.3) is 0 Å². The summed E-state index contributed by atoms with van der Waals surface area (Å²) in [5.74, 6) is -3.74. The lowest BCUT2D eigenvalue weighted by Gasteiger charge is -2.34. The second kappa shape index (κ2) is 41.0. The van der Waals surface area contributed by atoms with Crippen molar-refractivity contribution in [2.45, 2.75) is 92.9 Å². The van der Waals surface area contributed by atoms with Gasteiger partial charge in [0.2, 0.25) is 23.6 Å². The first-order chi connectivity index (χ1) is 67.3. The number of fused-ring (bicyclic) bond motifs is 4. The highest BCUT2D eigenvalue weighted by Gasteiger charge is 2.44. The first kappa shape index (κ1) is 96.2. The maximum atomic E-state index is 14.3. The second-order valence-electron chi connectivity index (χ2n) is 36.1. The number of anilines is 4. The quantitative estimate of drug-likeness (QED) is 0.0413. The Balaban J connectivity index is 0.000000129. The van der Waals surface area contributed by atoms with Crippen molar-refractivity contribution in [1.82, 2.24) is 59.1 Å². The minimum Gasteiger partial charge on any atom is -0.301 e. The fraction of sp³-hybridized carbons (Fsp3) is 0.164. The molecule has 12 aromatic carbocycles. The zero-order chi connectivity index (χ0) is 98.3. The number of aromatic nitrogens is 12. The fourth-order valence-electron chi connectivity index (χ4n) is 17.8. The summed E-state index contributed by atoms with van der Waals surface area (Å²) in [6.45, 7) is 19.4. The van der Waals surface area contributed by atoms with E-state index < -0.39 is 27.6 Å². The molecule has 0 radical (unpaired) electrons. The van der Waals surface area contributed by atoms with E-state index in [2.05, 4.69) is 136 Å². The number of nitrogens with one attached hydrogen (secondary N) is 4. The summed E-state index contributed by atoms with van der Waals surface area (Å²) >= 11 is 5.49. The van der Waals surface area contributed by atoms with Crippen molar-refractivity contribution in [2.75, 3.05) is 21.3 Å². The molecule has 8 aromatic heterocycles. The Bertz CT molecular complexity index is 7310. The molecule has 4 N–H and O–H groups in total. The predicted octanol–water partition coefficient (Wildman–Crippen LogP) is 26.6. The van der Waals surface area contributed by atoms with Gasteiger partial charge in [0.15, 0.2) is 20.5 Å². The number of aryl methyl sites for hydroxylation is 2. The van der Waals surface area contributed by atoms with Gasteiger partial charge in [0, 0.05) is 91.5 Å². The largest absolute Gasteiger partial charge is 0.301 e. The lowest BCUT2D eigenvalue weighted by atomic mass is 9.70. The van der Waals surface area contributed by atoms with Crippen LogP contribution in [-0.4, -0.2) is 82.7 Å². The van der Waals surface area contributed by atoms with Crippen LogP contribution in [0.4, 0.5) is 46.9 Å². The van der Waals surface area contributed by atoms with Gasteiger partial charge in [0.05, 0.1) is 91.3 Å². The minimum atomic E-state index is -0.944. The Morgan fingerprint density at radius 2 is 0.500 bits per heavy atom. The lowest BCUT2D eigenvalue weighted by Crippen LogP contribution is -2.37. The number of halogens is 6. The van der Waals surface area contributed by atoms with E-state index in [0.717, 1.165) is 116 Å². The third-order valence-corrected chi connectivity index (χ3v) is 27.8. The molecular formula is C110H94F6N16O4S4. The van der Waals surface area contributed by atoms with Crippen LogP contribution < -0.4 is 21.3 Å². The number of nitrogens with zero attached hydrogens (tertiary/aromatic N) is 12. The molecule has 0 spiro atoms. The first-order valence-corrected chi connectivity index (χ1v) is 48.3. The Hall–Kier alpha value is -15.5. The van der Waals surface area contributed by atoms with Gasteiger partial charge >= 0.3 is 0 Å². The van der Waals surface area contributed by atoms with Gasteiger partial charge in [-0.3, -0.25) is 19.2 Å². The van der Waals surface area contributed by atoms with E-state index in [1.165, 1.54) is 118 Å². The zero-order valence-electron chi connectivity index (χ0n) is 77.5. The van der Waals surface area contributed by atoms with Gasteiger partial charge in [-0.2, -0.15) is 20.4 Å². The smallest absolute Gasteiger partial charge is 0.232 e. The summed E-state index contributed by atoms with van der Waals surface area (Å²) in [4.78, 5) is 70.5. The number of benzene rings is 12. The van der Waals surface area contributed by atoms with Crippen molar-refractivity contribution in [2.24, 2.45) is 21.7 Å². The van der Waals surface area contributed by atoms with Gasteiger partial charge in [-0.05, 0) is 228 Å². The van der Waals surface area contributed by atoms with Gasteiger partial charge in [-0.15, -0.1) is 45.3 Å². The molecule has 0 bridgehead atoms. The summed E-state index contributed by atoms with van der Waals surface area (Å²) in [5.41, 5.74) is 12.8. The monoisotopic (exact) mass is 1940 g/mol. The summed E-state index contributed by atoms with van der Waals surface area (Å²) in [6.07, 6.45) is 13.7. The third kappa shape index (κ3) is 21.1. The summed E-state index contributed by atoms with van der Waals surface area (Å²) in [5, 5.41) is 42.9. The van der Waals surface area contributed by atoms with E-state index in [4.69, 9.17) is 0 Å². The van der Waals surface area contributed by atoms with Crippen molar-refractivity contribution < 1.29 is 45.5 Å². The van der Waals surface area contributed by atoms with Crippen LogP contribution in [0.3, 0.4) is 0 Å². The number of amides is 4. The molecule has 140 heavy (non-hydrogen) atoms. The van der Waals surface area contributed by atoms with E-state index in [1.807, 2.05) is 133 Å². The average molecular weight is 1950 g/mol. The number of hydrogen-bond acceptors (Lipinski definition) is 16. The summed E-state index contributed by atoms with van der Waals surface area (Å²) in [6, 6.07) is 77.9. The molecule has 4 atom stereocenters. The zero-order valence-corrected chi connectivity index (χ0v) is 80.8. The Morgan fingerprint density at radius 1 is 0.264 bits per heavy atom. The van der Waals surface area contributed by atoms with Crippen molar-refractivity contribution >= 4 is 133 Å². The number of carbonyl (C=O) groups excluding carboxylic acids is 4. The highest BCUT2D eigenvalue weighted by Crippen LogP contribution is 2.49. The van der Waals surface area contributed by atoms with Crippen LogP contribution >= 0.6 is 45.3 Å². The highest BCUT2D eigenvalue weighted by atomic mass is 32.1. The molecule has 0 saturated heterocycles. The second-order valence-corrected chi connectivity index (χ2v) is 39.7. The van der Waals surface area contributed by atoms with Crippen LogP contribution in [-0.2, 0) is 19.2 Å². The molecule has 30 heteroatoms. The molecule has 8 heterocycles. The molecule has 0 aliphatic rings. The molecular weight excluding hydrogens is 1850 g/mol. The SMILES string of the molecule is CC(C)(C(=O)Nc1nccs1)C(c1ccc(F)cc1)c1ccc2c(cnn2-c2ccc(F)cc2)c1.CC(C)(C(=O)Nc1nccs1)C(c1cccc(F)c1)c1ccc2c(cnn2-c2ccc(F)cc2)c1.Cc1ccc(C(c2ccc3c(cnn3-c3ccc(F)cc3)c2)C(C)(C)C(=O)Nc2nccs2)cc1.Cc1cccc(C(c2ccc3c(cnn3-c3ccc(F)cc3)c2)C(C)(C)C(=O)Nc2nccs2)c1. The van der Waals surface area contributed by atoms with Gasteiger partial charge in [-0.1, -0.05) is 164 Å². The topological polar surface area (TPSA) is 239 Å². The third-order valence-electron chi connectivity index (χ3n) is 25.0. The first-order valence-electron chi connectivity index (χ1n) is 44.7. The molecule has 4 unspecified atom stereocenters. The van der Waals surface area contributed by atoms with E-state index in [0.29, 0.717) is 26.1 Å². The average Bonchev–Trinajstić information content (AvgIpc) is 1.38. The summed E-state index contributed by atoms with van der Waals surface area (Å²) in [7, 11) is 0. The molecule has 0 aliphatic carbocycles. The van der Waals surface area contributed by atoms with Crippen molar-refractivity contribution in [3.8, 4) is 22.7 Å². The minimum absolute atomic E-state index is 0.0962. The van der Waals surface area contributed by atoms with E-state index in [-0.39, 0.29) is 76.3 Å². The summed E-state index contributed by atoms with van der Waals surface area (Å²) < 4.78 is 88.6. The molecule has 4 amide bonds. The molecule has 20 nitrogen and oxygen atoms in total. The number of rotatable bonds is 24. The van der Waals surface area contributed by atoms with Crippen LogP contribution in [0, 0.1) is 70.4 Å². The van der Waals surface area contributed by atoms with Gasteiger partial charge in [-0.25, -0.2) is 65.0 Å². The van der Waals surface area contributed by atoms with Gasteiger partial charge in [0.1, 0.15) is 34.9 Å². The highest BCUT2D eigenvalue weighted by molar-refractivity contribution is 7.14. The van der Waals surface area contributed by atoms with Crippen LogP contribution in [0.5, 0.6) is 0 Å². The number of thiazole rings is 4. The molecule has 0 fully saturated rings. The van der Waals surface area contributed by atoms with Crippen LogP contribution in [0.1, 0.15) is 135 Å². The molecule has 0 saturated carbocycles. The number of hydrogen-bond donors (Lipinski definition) is 4. The molecule has 704 valence electrons. The van der Waals surface area contributed by atoms with E-state index in [9.17, 15) is 45.5 Å². The van der Waals surface area contributed by atoms with E-state index >= 15 is 0 Å². The van der Waals surface area contributed by atoms with Crippen molar-refractivity contribution in [3.63, 3.8) is 0 Å². The van der Waals surface area contributed by atoms with Crippen molar-refractivity contribution in [1.29, 1.82) is 0 Å². The standard InChI is InChI=1S/2C28H25FN4OS.2C27H22F2N4OS/c1-18-4-6-19(7-5-18)25(28(2,3)26(34)32-27-30-14-15-35-27)20-8-13-24-21(16-20)17-31-33(24)23-11-9-22(29)10-12-23;1-18-5-4-6-19(15-18)25(28(2,3)26(34)32-27-30-13-14-35-27)20-7-12-24-21(16-20)17-31-33(24)23-10-8-22(29)9-11-23;1-27(2,25(34)32-26-30-13-14-35-26)24(17-3-6-20(28)7-4-17)18-5-12-23-19(15-18)16-31-33(23)22-10-8-21(29)9-11-22;1-27(2,25(34)32-26-30-12-13-35-26)24(17-4-3-5-21(29)15-17)18-6-11-23-19(14-18)16-31-33(23)22-9-7-20(28)8-10-22/h2*4-17,25H,1-3H3,(H,30,32,34);2*3-16,24H,1-2H3,(H,30,32,34). The van der Waals surface area contributed by atoms with Crippen LogP contribution in [0.15, 0.2) is 338 Å². The van der Waals surface area contributed by atoms with Crippen LogP contribution in [0.2, 0.25) is 0 Å². The van der Waals surface area contributed by atoms with Gasteiger partial charge < -0.3 is 21.3 Å². The predicted molar refractivity (Wildman–Crippen MR) is 545 cm³/mol. The van der Waals surface area contributed by atoms with Crippen molar-refractivity contribution in [3.05, 3.63) is 429 Å². The normalized spacial score (nSPS) is 12.6. The Morgan fingerprint density at radius 3 is 0.757 bits per heavy atom. The molecule has 20 rings (SSSR count). The number of carbonyl (C=O) groups is 4. The lowest BCUT2D eigenvalue weighted by molar-refractivity contribution is -0.125.